The monoisotopic (exact) mass is 632 g/mol. The van der Waals surface area contributed by atoms with Crippen molar-refractivity contribution in [1.29, 1.82) is 0 Å². The molecule has 0 saturated heterocycles. The Bertz CT molecular complexity index is 1490. The number of amides is 1. The van der Waals surface area contributed by atoms with Gasteiger partial charge in [0.25, 0.3) is 5.91 Å². The minimum atomic E-state index is -4.59. The van der Waals surface area contributed by atoms with Crippen LogP contribution >= 0.6 is 11.6 Å². The number of nitrogens with one attached hydrogen (secondary N) is 3. The molecule has 1 aromatic heterocycles. The van der Waals surface area contributed by atoms with Crippen LogP contribution in [0.4, 0.5) is 30.8 Å². The zero-order valence-corrected chi connectivity index (χ0v) is 24.3. The lowest BCUT2D eigenvalue weighted by molar-refractivity contribution is -0.154. The van der Waals surface area contributed by atoms with E-state index in [1.807, 2.05) is 12.1 Å². The van der Waals surface area contributed by atoms with Crippen molar-refractivity contribution in [3.8, 4) is 6.01 Å². The molecule has 0 radical (unpaired) electrons. The molecule has 1 fully saturated rings. The molecule has 16 heteroatoms. The Balaban J connectivity index is 1.47. The largest absolute Gasteiger partial charge is 0.454 e. The molecular formula is C28H32ClF3N10O2. The quantitative estimate of drug-likeness (QED) is 0.0862. The molecule has 2 aromatic carbocycles. The summed E-state index contributed by atoms with van der Waals surface area (Å²) in [5.74, 6) is -0.452. The molecular weight excluding hydrogens is 601 g/mol. The minimum absolute atomic E-state index is 0.0228. The van der Waals surface area contributed by atoms with E-state index in [4.69, 9.17) is 33.5 Å². The molecule has 1 aliphatic rings. The predicted octanol–water partition coefficient (Wildman–Crippen LogP) is 3.94. The van der Waals surface area contributed by atoms with Gasteiger partial charge < -0.3 is 37.9 Å². The highest BCUT2D eigenvalue weighted by molar-refractivity contribution is 6.30. The highest BCUT2D eigenvalue weighted by Gasteiger charge is 2.45. The van der Waals surface area contributed by atoms with E-state index in [2.05, 4.69) is 42.5 Å². The average Bonchev–Trinajstić information content (AvgIpc) is 3.73. The molecule has 1 amide bonds. The number of alkyl halides is 3. The Morgan fingerprint density at radius 2 is 1.70 bits per heavy atom. The number of benzene rings is 2. The molecule has 4 rings (SSSR count). The molecule has 0 unspecified atom stereocenters. The standard InChI is InChI=1S/C28H32ClF3N10O2/c1-16(33)21(3-2-14-36-23(34)35)38-22(43)17-4-10-20(11-5-17)37-24-39-25(41-26(40-24)44-15-28(30,31)32)42-27(12-13-27)18-6-8-19(29)9-7-18/h4-11,21H,1-3,12-15,33H2,(H,38,43)(H4,34,35,36)(H2,37,39,40,41,42)/t21-/m0/s1. The van der Waals surface area contributed by atoms with Gasteiger partial charge in [-0.1, -0.05) is 30.3 Å². The number of halogens is 4. The van der Waals surface area contributed by atoms with Gasteiger partial charge in [-0.05, 0) is 67.6 Å². The summed E-state index contributed by atoms with van der Waals surface area (Å²) in [6.07, 6.45) is -2.04. The smallest absolute Gasteiger partial charge is 0.422 e. The summed E-state index contributed by atoms with van der Waals surface area (Å²) in [6, 6.07) is 12.5. The van der Waals surface area contributed by atoms with Gasteiger partial charge in [0.05, 0.1) is 11.6 Å². The Morgan fingerprint density at radius 3 is 2.30 bits per heavy atom. The highest BCUT2D eigenvalue weighted by Crippen LogP contribution is 2.48. The number of aromatic nitrogens is 3. The number of rotatable bonds is 14. The van der Waals surface area contributed by atoms with Crippen LogP contribution in [-0.2, 0) is 5.54 Å². The number of anilines is 3. The van der Waals surface area contributed by atoms with Crippen molar-refractivity contribution in [3.05, 3.63) is 77.0 Å². The summed E-state index contributed by atoms with van der Waals surface area (Å²) in [4.78, 5) is 29.1. The molecule has 1 saturated carbocycles. The first-order chi connectivity index (χ1) is 20.8. The average molecular weight is 633 g/mol. The first-order valence-corrected chi connectivity index (χ1v) is 13.9. The topological polar surface area (TPSA) is 191 Å². The third-order valence-corrected chi connectivity index (χ3v) is 6.83. The van der Waals surface area contributed by atoms with Gasteiger partial charge in [-0.15, -0.1) is 0 Å². The van der Waals surface area contributed by atoms with E-state index in [0.29, 0.717) is 35.7 Å². The molecule has 44 heavy (non-hydrogen) atoms. The van der Waals surface area contributed by atoms with Crippen LogP contribution in [0.25, 0.3) is 0 Å². The summed E-state index contributed by atoms with van der Waals surface area (Å²) >= 11 is 6.01. The van der Waals surface area contributed by atoms with Crippen molar-refractivity contribution in [2.75, 3.05) is 23.8 Å². The van der Waals surface area contributed by atoms with Gasteiger partial charge in [-0.2, -0.15) is 28.1 Å². The molecule has 0 aliphatic heterocycles. The maximum Gasteiger partial charge on any atom is 0.422 e. The van der Waals surface area contributed by atoms with Crippen molar-refractivity contribution in [2.45, 2.75) is 43.4 Å². The van der Waals surface area contributed by atoms with E-state index in [1.54, 1.807) is 36.4 Å². The Morgan fingerprint density at radius 1 is 1.05 bits per heavy atom. The molecule has 1 atom stereocenters. The number of ether oxygens (including phenoxy) is 1. The SMILES string of the molecule is C=C(N)[C@H](CCCN=C(N)N)NC(=O)c1ccc(Nc2nc(NC3(c4ccc(Cl)cc4)CC3)nc(OCC(F)(F)F)n2)cc1. The number of carbonyl (C=O) groups is 1. The number of carbonyl (C=O) groups excluding carboxylic acids is 1. The Hall–Kier alpha value is -4.79. The van der Waals surface area contributed by atoms with Gasteiger partial charge >= 0.3 is 12.2 Å². The van der Waals surface area contributed by atoms with Crippen LogP contribution in [0, 0.1) is 0 Å². The van der Waals surface area contributed by atoms with E-state index in [0.717, 1.165) is 18.4 Å². The molecule has 12 nitrogen and oxygen atoms in total. The molecule has 234 valence electrons. The van der Waals surface area contributed by atoms with E-state index < -0.39 is 30.4 Å². The van der Waals surface area contributed by atoms with Crippen molar-refractivity contribution < 1.29 is 22.7 Å². The lowest BCUT2D eigenvalue weighted by Crippen LogP contribution is -2.38. The van der Waals surface area contributed by atoms with Crippen molar-refractivity contribution in [2.24, 2.45) is 22.2 Å². The van der Waals surface area contributed by atoms with Crippen molar-refractivity contribution in [3.63, 3.8) is 0 Å². The first-order valence-electron chi connectivity index (χ1n) is 13.5. The van der Waals surface area contributed by atoms with Gasteiger partial charge in [-0.25, -0.2) is 0 Å². The van der Waals surface area contributed by atoms with Crippen LogP contribution in [0.3, 0.4) is 0 Å². The maximum atomic E-state index is 12.9. The number of guanidine groups is 1. The second-order valence-corrected chi connectivity index (χ2v) is 10.6. The lowest BCUT2D eigenvalue weighted by Gasteiger charge is -2.19. The number of hydrogen-bond acceptors (Lipinski definition) is 9. The lowest BCUT2D eigenvalue weighted by atomic mass is 10.1. The fourth-order valence-corrected chi connectivity index (χ4v) is 4.33. The van der Waals surface area contributed by atoms with Gasteiger partial charge in [0, 0.05) is 28.5 Å². The second-order valence-electron chi connectivity index (χ2n) is 10.1. The summed E-state index contributed by atoms with van der Waals surface area (Å²) in [5, 5.41) is 9.53. The van der Waals surface area contributed by atoms with Gasteiger partial charge in [0.2, 0.25) is 11.9 Å². The minimum Gasteiger partial charge on any atom is -0.454 e. The van der Waals surface area contributed by atoms with Crippen LogP contribution in [0.2, 0.25) is 5.02 Å². The molecule has 1 aliphatic carbocycles. The number of nitrogens with zero attached hydrogens (tertiary/aromatic N) is 4. The van der Waals surface area contributed by atoms with Crippen LogP contribution in [0.15, 0.2) is 65.8 Å². The zero-order valence-electron chi connectivity index (χ0n) is 23.5. The van der Waals surface area contributed by atoms with Crippen molar-refractivity contribution >= 4 is 41.1 Å². The highest BCUT2D eigenvalue weighted by atomic mass is 35.5. The van der Waals surface area contributed by atoms with Crippen molar-refractivity contribution in [1.82, 2.24) is 20.3 Å². The predicted molar refractivity (Wildman–Crippen MR) is 162 cm³/mol. The van der Waals surface area contributed by atoms with E-state index in [1.165, 1.54) is 0 Å². The number of nitrogens with two attached hydrogens (primary N) is 3. The maximum absolute atomic E-state index is 12.9. The molecule has 1 heterocycles. The molecule has 0 bridgehead atoms. The number of hydrogen-bond donors (Lipinski definition) is 6. The molecule has 3 aromatic rings. The first kappa shape index (κ1) is 32.1. The van der Waals surface area contributed by atoms with Gasteiger partial charge in [0.15, 0.2) is 12.6 Å². The van der Waals surface area contributed by atoms with E-state index in [9.17, 15) is 18.0 Å². The number of aliphatic imine (C=N–C) groups is 1. The van der Waals surface area contributed by atoms with E-state index >= 15 is 0 Å². The summed E-state index contributed by atoms with van der Waals surface area (Å²) in [6.45, 7) is 2.53. The normalized spacial score (nSPS) is 14.2. The third-order valence-electron chi connectivity index (χ3n) is 6.58. The zero-order chi connectivity index (χ0) is 31.9. The second kappa shape index (κ2) is 13.7. The third kappa shape index (κ3) is 9.36. The summed E-state index contributed by atoms with van der Waals surface area (Å²) in [7, 11) is 0. The van der Waals surface area contributed by atoms with Gasteiger partial charge in [0.1, 0.15) is 0 Å². The van der Waals surface area contributed by atoms with Crippen LogP contribution < -0.4 is 37.9 Å². The Kier molecular flexibility index (Phi) is 9.98. The van der Waals surface area contributed by atoms with Crippen LogP contribution in [-0.4, -0.2) is 52.2 Å². The van der Waals surface area contributed by atoms with Gasteiger partial charge in [-0.3, -0.25) is 9.79 Å². The molecule has 0 spiro atoms. The Labute approximate surface area is 256 Å². The fourth-order valence-electron chi connectivity index (χ4n) is 4.20. The fraction of sp³-hybridized carbons (Fsp3) is 0.321. The van der Waals surface area contributed by atoms with Crippen LogP contribution in [0.5, 0.6) is 6.01 Å². The molecule has 9 N–H and O–H groups in total. The van der Waals surface area contributed by atoms with E-state index in [-0.39, 0.29) is 29.5 Å². The summed E-state index contributed by atoms with van der Waals surface area (Å²) < 4.78 is 43.4. The summed E-state index contributed by atoms with van der Waals surface area (Å²) in [5.41, 5.74) is 18.0. The van der Waals surface area contributed by atoms with Crippen LogP contribution in [0.1, 0.15) is 41.6 Å².